The van der Waals surface area contributed by atoms with Gasteiger partial charge < -0.3 is 10.4 Å². The molecule has 98 valence electrons. The van der Waals surface area contributed by atoms with Crippen molar-refractivity contribution in [3.63, 3.8) is 0 Å². The molecule has 1 aromatic heterocycles. The molecule has 0 aliphatic heterocycles. The second-order valence-electron chi connectivity index (χ2n) is 3.89. The summed E-state index contributed by atoms with van der Waals surface area (Å²) in [5, 5.41) is 32.4. The molecule has 0 aliphatic rings. The molecular weight excluding hydrogens is 246 g/mol. The lowest BCUT2D eigenvalue weighted by Gasteiger charge is -1.99. The third-order valence-corrected chi connectivity index (χ3v) is 2.59. The SMILES string of the molecule is CC(=N\O)/C(=N\O)c1nn(-c2ccccc2)nc1C. The summed E-state index contributed by atoms with van der Waals surface area (Å²) < 4.78 is 0. The van der Waals surface area contributed by atoms with Gasteiger partial charge in [0, 0.05) is 0 Å². The van der Waals surface area contributed by atoms with Crippen LogP contribution in [-0.2, 0) is 0 Å². The summed E-state index contributed by atoms with van der Waals surface area (Å²) in [7, 11) is 0. The number of nitrogens with zero attached hydrogens (tertiary/aromatic N) is 5. The maximum absolute atomic E-state index is 9.00. The number of aromatic nitrogens is 3. The van der Waals surface area contributed by atoms with Crippen LogP contribution in [0.15, 0.2) is 40.6 Å². The molecule has 2 aromatic rings. The largest absolute Gasteiger partial charge is 0.411 e. The molecule has 0 spiro atoms. The van der Waals surface area contributed by atoms with Gasteiger partial charge in [-0.25, -0.2) is 0 Å². The van der Waals surface area contributed by atoms with Gasteiger partial charge in [0.25, 0.3) is 0 Å². The fourth-order valence-corrected chi connectivity index (χ4v) is 1.61. The molecule has 1 aromatic carbocycles. The van der Waals surface area contributed by atoms with Crippen molar-refractivity contribution in [3.8, 4) is 5.69 Å². The van der Waals surface area contributed by atoms with E-state index in [0.29, 0.717) is 11.4 Å². The Morgan fingerprint density at radius 2 is 1.79 bits per heavy atom. The summed E-state index contributed by atoms with van der Waals surface area (Å²) >= 11 is 0. The molecule has 0 bridgehead atoms. The molecule has 0 unspecified atom stereocenters. The Balaban J connectivity index is 2.48. The highest BCUT2D eigenvalue weighted by atomic mass is 16.4. The second kappa shape index (κ2) is 5.30. The maximum Gasteiger partial charge on any atom is 0.156 e. The molecule has 1 heterocycles. The van der Waals surface area contributed by atoms with E-state index in [1.165, 1.54) is 11.7 Å². The summed E-state index contributed by atoms with van der Waals surface area (Å²) in [6.07, 6.45) is 0. The average Bonchev–Trinajstić information content (AvgIpc) is 2.82. The van der Waals surface area contributed by atoms with Gasteiger partial charge in [0.2, 0.25) is 0 Å². The summed E-state index contributed by atoms with van der Waals surface area (Å²) in [6.45, 7) is 3.24. The van der Waals surface area contributed by atoms with Crippen LogP contribution in [0.4, 0.5) is 0 Å². The predicted molar refractivity (Wildman–Crippen MR) is 69.3 cm³/mol. The first-order valence-corrected chi connectivity index (χ1v) is 5.58. The van der Waals surface area contributed by atoms with Crippen molar-refractivity contribution >= 4 is 11.4 Å². The van der Waals surface area contributed by atoms with Crippen LogP contribution in [0.2, 0.25) is 0 Å². The average molecular weight is 259 g/mol. The van der Waals surface area contributed by atoms with Gasteiger partial charge in [-0.05, 0) is 26.0 Å². The Morgan fingerprint density at radius 3 is 2.37 bits per heavy atom. The predicted octanol–water partition coefficient (Wildman–Crippen LogP) is 1.60. The van der Waals surface area contributed by atoms with E-state index in [4.69, 9.17) is 10.4 Å². The first-order chi connectivity index (χ1) is 9.17. The van der Waals surface area contributed by atoms with Gasteiger partial charge >= 0.3 is 0 Å². The van der Waals surface area contributed by atoms with E-state index in [9.17, 15) is 0 Å². The first-order valence-electron chi connectivity index (χ1n) is 5.58. The van der Waals surface area contributed by atoms with Crippen molar-refractivity contribution < 1.29 is 10.4 Å². The van der Waals surface area contributed by atoms with E-state index < -0.39 is 0 Å². The molecule has 7 nitrogen and oxygen atoms in total. The molecule has 0 saturated carbocycles. The van der Waals surface area contributed by atoms with Crippen LogP contribution in [-0.4, -0.2) is 36.8 Å². The van der Waals surface area contributed by atoms with Crippen LogP contribution in [0.1, 0.15) is 18.3 Å². The Morgan fingerprint density at radius 1 is 1.11 bits per heavy atom. The molecule has 19 heavy (non-hydrogen) atoms. The lowest BCUT2D eigenvalue weighted by molar-refractivity contribution is 0.314. The van der Waals surface area contributed by atoms with Crippen LogP contribution in [0.3, 0.4) is 0 Å². The number of benzene rings is 1. The summed E-state index contributed by atoms with van der Waals surface area (Å²) in [5.41, 5.74) is 1.96. The van der Waals surface area contributed by atoms with Crippen LogP contribution >= 0.6 is 0 Å². The molecule has 0 amide bonds. The zero-order valence-electron chi connectivity index (χ0n) is 10.5. The minimum Gasteiger partial charge on any atom is -0.411 e. The monoisotopic (exact) mass is 259 g/mol. The number of aryl methyl sites for hydroxylation is 1. The zero-order chi connectivity index (χ0) is 13.8. The fourth-order valence-electron chi connectivity index (χ4n) is 1.61. The minimum absolute atomic E-state index is 0.0854. The molecule has 0 aliphatic carbocycles. The van der Waals surface area contributed by atoms with E-state index in [-0.39, 0.29) is 11.4 Å². The quantitative estimate of drug-likeness (QED) is 0.497. The lowest BCUT2D eigenvalue weighted by atomic mass is 10.1. The number of oxime groups is 2. The van der Waals surface area contributed by atoms with E-state index in [1.807, 2.05) is 30.3 Å². The van der Waals surface area contributed by atoms with E-state index in [2.05, 4.69) is 20.5 Å². The van der Waals surface area contributed by atoms with Crippen LogP contribution in [0.5, 0.6) is 0 Å². The van der Waals surface area contributed by atoms with Crippen molar-refractivity contribution in [3.05, 3.63) is 41.7 Å². The Kier molecular flexibility index (Phi) is 3.56. The Labute approximate surface area is 109 Å². The van der Waals surface area contributed by atoms with Gasteiger partial charge in [0.05, 0.1) is 11.4 Å². The van der Waals surface area contributed by atoms with E-state index in [1.54, 1.807) is 6.92 Å². The molecule has 0 atom stereocenters. The Hall–Kier alpha value is -2.70. The highest BCUT2D eigenvalue weighted by Crippen LogP contribution is 2.09. The second-order valence-corrected chi connectivity index (χ2v) is 3.89. The normalized spacial score (nSPS) is 12.7. The van der Waals surface area contributed by atoms with Gasteiger partial charge in [-0.1, -0.05) is 28.5 Å². The third-order valence-electron chi connectivity index (χ3n) is 2.59. The van der Waals surface area contributed by atoms with E-state index in [0.717, 1.165) is 5.69 Å². The van der Waals surface area contributed by atoms with Gasteiger partial charge in [-0.2, -0.15) is 9.90 Å². The molecule has 0 fully saturated rings. The number of rotatable bonds is 3. The summed E-state index contributed by atoms with van der Waals surface area (Å²) in [4.78, 5) is 1.43. The van der Waals surface area contributed by atoms with Gasteiger partial charge in [0.15, 0.2) is 5.71 Å². The molecule has 2 rings (SSSR count). The minimum atomic E-state index is 0.0854. The van der Waals surface area contributed by atoms with Crippen molar-refractivity contribution in [2.45, 2.75) is 13.8 Å². The number of para-hydroxylation sites is 1. The van der Waals surface area contributed by atoms with Crippen molar-refractivity contribution in [2.24, 2.45) is 10.3 Å². The summed E-state index contributed by atoms with van der Waals surface area (Å²) in [5.74, 6) is 0. The van der Waals surface area contributed by atoms with E-state index >= 15 is 0 Å². The molecule has 0 saturated heterocycles. The van der Waals surface area contributed by atoms with Crippen LogP contribution < -0.4 is 0 Å². The Bertz CT molecular complexity index is 631. The lowest BCUT2D eigenvalue weighted by Crippen LogP contribution is -2.14. The van der Waals surface area contributed by atoms with Crippen molar-refractivity contribution in [1.82, 2.24) is 15.0 Å². The third kappa shape index (κ3) is 2.44. The first kappa shape index (κ1) is 12.7. The molecule has 7 heteroatoms. The number of hydrogen-bond acceptors (Lipinski definition) is 6. The highest BCUT2D eigenvalue weighted by molar-refractivity contribution is 6.47. The van der Waals surface area contributed by atoms with Crippen molar-refractivity contribution in [2.75, 3.05) is 0 Å². The number of hydrogen-bond donors (Lipinski definition) is 2. The van der Waals surface area contributed by atoms with Crippen molar-refractivity contribution in [1.29, 1.82) is 0 Å². The molecule has 2 N–H and O–H groups in total. The van der Waals surface area contributed by atoms with Crippen LogP contribution in [0.25, 0.3) is 5.69 Å². The van der Waals surface area contributed by atoms with Gasteiger partial charge in [-0.3, -0.25) is 0 Å². The molecular formula is C12H13N5O2. The topological polar surface area (TPSA) is 95.9 Å². The van der Waals surface area contributed by atoms with Gasteiger partial charge in [0.1, 0.15) is 11.4 Å². The standard InChI is InChI=1S/C12H13N5O2/c1-8-11(12(16-19)9(2)15-18)14-17(13-8)10-6-4-3-5-7-10/h3-7,18-19H,1-2H3/b15-9+,16-12+. The maximum atomic E-state index is 9.00. The zero-order valence-corrected chi connectivity index (χ0v) is 10.5. The molecule has 0 radical (unpaired) electrons. The smallest absolute Gasteiger partial charge is 0.156 e. The van der Waals surface area contributed by atoms with Crippen LogP contribution in [0, 0.1) is 6.92 Å². The fraction of sp³-hybridized carbons (Fsp3) is 0.167. The highest BCUT2D eigenvalue weighted by Gasteiger charge is 2.18. The summed E-state index contributed by atoms with van der Waals surface area (Å²) in [6, 6.07) is 9.34. The van der Waals surface area contributed by atoms with Gasteiger partial charge in [-0.15, -0.1) is 5.10 Å².